The van der Waals surface area contributed by atoms with Crippen molar-refractivity contribution in [1.29, 1.82) is 0 Å². The maximum atomic E-state index is 11.9. The highest BCUT2D eigenvalue weighted by atomic mass is 127. The zero-order chi connectivity index (χ0) is 19.7. The van der Waals surface area contributed by atoms with Gasteiger partial charge in [-0.15, -0.1) is 24.0 Å². The predicted molar refractivity (Wildman–Crippen MR) is 127 cm³/mol. The first kappa shape index (κ1) is 24.7. The van der Waals surface area contributed by atoms with Crippen LogP contribution in [0.3, 0.4) is 0 Å². The minimum absolute atomic E-state index is 0. The minimum Gasteiger partial charge on any atom is -0.355 e. The van der Waals surface area contributed by atoms with Gasteiger partial charge in [-0.1, -0.05) is 51.1 Å². The largest absolute Gasteiger partial charge is 0.355 e. The highest BCUT2D eigenvalue weighted by molar-refractivity contribution is 14.0. The second-order valence-corrected chi connectivity index (χ2v) is 8.06. The van der Waals surface area contributed by atoms with Gasteiger partial charge in [0, 0.05) is 32.1 Å². The summed E-state index contributed by atoms with van der Waals surface area (Å²) < 4.78 is 0. The molecule has 1 aliphatic heterocycles. The van der Waals surface area contributed by atoms with Gasteiger partial charge in [0.05, 0.1) is 6.04 Å². The van der Waals surface area contributed by atoms with Gasteiger partial charge in [-0.2, -0.15) is 0 Å². The van der Waals surface area contributed by atoms with E-state index in [1.807, 2.05) is 20.8 Å². The van der Waals surface area contributed by atoms with Gasteiger partial charge in [-0.25, -0.2) is 0 Å². The monoisotopic (exact) mass is 501 g/mol. The van der Waals surface area contributed by atoms with E-state index < -0.39 is 0 Å². The van der Waals surface area contributed by atoms with Crippen molar-refractivity contribution in [3.05, 3.63) is 35.9 Å². The zero-order valence-electron chi connectivity index (χ0n) is 17.6. The van der Waals surface area contributed by atoms with Crippen LogP contribution in [-0.4, -0.2) is 56.5 Å². The van der Waals surface area contributed by atoms with Crippen molar-refractivity contribution in [1.82, 2.24) is 20.9 Å². The molecule has 6 nitrogen and oxygen atoms in total. The lowest BCUT2D eigenvalue weighted by Crippen LogP contribution is -2.45. The van der Waals surface area contributed by atoms with E-state index in [-0.39, 0.29) is 35.3 Å². The number of nitrogens with zero attached hydrogens (tertiary/aromatic N) is 2. The van der Waals surface area contributed by atoms with Crippen LogP contribution in [0.15, 0.2) is 35.3 Å². The third-order valence-corrected chi connectivity index (χ3v) is 4.84. The highest BCUT2D eigenvalue weighted by Gasteiger charge is 2.23. The molecule has 1 amide bonds. The summed E-state index contributed by atoms with van der Waals surface area (Å²) in [4.78, 5) is 18.8. The van der Waals surface area contributed by atoms with Crippen LogP contribution < -0.4 is 16.0 Å². The van der Waals surface area contributed by atoms with E-state index >= 15 is 0 Å². The topological polar surface area (TPSA) is 68.8 Å². The van der Waals surface area contributed by atoms with E-state index in [4.69, 9.17) is 0 Å². The van der Waals surface area contributed by atoms with E-state index in [1.54, 1.807) is 7.05 Å². The molecule has 1 aromatic rings. The molecule has 28 heavy (non-hydrogen) atoms. The van der Waals surface area contributed by atoms with Crippen molar-refractivity contribution < 1.29 is 4.79 Å². The summed E-state index contributed by atoms with van der Waals surface area (Å²) in [7, 11) is 1.77. The number of halogens is 1. The normalized spacial score (nSPS) is 16.2. The quantitative estimate of drug-likeness (QED) is 0.233. The third-order valence-electron chi connectivity index (χ3n) is 4.84. The van der Waals surface area contributed by atoms with Crippen molar-refractivity contribution in [3.8, 4) is 0 Å². The van der Waals surface area contributed by atoms with E-state index in [1.165, 1.54) is 18.4 Å². The van der Waals surface area contributed by atoms with Crippen molar-refractivity contribution in [2.75, 3.05) is 39.8 Å². The lowest BCUT2D eigenvalue weighted by Gasteiger charge is -2.29. The smallest absolute Gasteiger partial charge is 0.225 e. The number of hydrogen-bond acceptors (Lipinski definition) is 3. The van der Waals surface area contributed by atoms with Crippen LogP contribution >= 0.6 is 24.0 Å². The molecule has 158 valence electrons. The molecule has 1 heterocycles. The van der Waals surface area contributed by atoms with Gasteiger partial charge < -0.3 is 16.0 Å². The molecule has 2 rings (SSSR count). The molecular formula is C21H36IN5O. The Morgan fingerprint density at radius 2 is 1.68 bits per heavy atom. The van der Waals surface area contributed by atoms with E-state index in [9.17, 15) is 4.79 Å². The Labute approximate surface area is 187 Å². The molecule has 1 aromatic carbocycles. The summed E-state index contributed by atoms with van der Waals surface area (Å²) in [5.41, 5.74) is 0.971. The molecule has 1 atom stereocenters. The molecule has 1 unspecified atom stereocenters. The number of nitrogens with one attached hydrogen (secondary N) is 3. The molecular weight excluding hydrogens is 465 g/mol. The molecule has 0 spiro atoms. The number of benzene rings is 1. The number of hydrogen-bond donors (Lipinski definition) is 3. The molecule has 1 saturated heterocycles. The molecule has 0 aromatic heterocycles. The van der Waals surface area contributed by atoms with Crippen molar-refractivity contribution >= 4 is 35.8 Å². The summed E-state index contributed by atoms with van der Waals surface area (Å²) in [6, 6.07) is 11.0. The average molecular weight is 501 g/mol. The van der Waals surface area contributed by atoms with Crippen LogP contribution in [-0.2, 0) is 4.79 Å². The molecule has 1 aliphatic rings. The fourth-order valence-corrected chi connectivity index (χ4v) is 3.22. The lowest BCUT2D eigenvalue weighted by atomic mass is 9.96. The van der Waals surface area contributed by atoms with Gasteiger partial charge in [-0.3, -0.25) is 14.7 Å². The van der Waals surface area contributed by atoms with E-state index in [0.29, 0.717) is 19.1 Å². The molecule has 1 fully saturated rings. The first-order chi connectivity index (χ1) is 12.9. The molecule has 0 aliphatic carbocycles. The summed E-state index contributed by atoms with van der Waals surface area (Å²) in [5.74, 6) is 0.825. The number of amides is 1. The first-order valence-electron chi connectivity index (χ1n) is 9.93. The molecule has 3 N–H and O–H groups in total. The van der Waals surface area contributed by atoms with Gasteiger partial charge >= 0.3 is 0 Å². The molecule has 0 bridgehead atoms. The predicted octanol–water partition coefficient (Wildman–Crippen LogP) is 2.77. The van der Waals surface area contributed by atoms with Gasteiger partial charge in [0.25, 0.3) is 0 Å². The van der Waals surface area contributed by atoms with Gasteiger partial charge in [0.15, 0.2) is 5.96 Å². The second kappa shape index (κ2) is 12.3. The number of aliphatic imine (C=N–C) groups is 1. The van der Waals surface area contributed by atoms with Crippen molar-refractivity contribution in [2.24, 2.45) is 10.4 Å². The van der Waals surface area contributed by atoms with Gasteiger partial charge in [0.1, 0.15) is 0 Å². The number of guanidine groups is 1. The van der Waals surface area contributed by atoms with Crippen LogP contribution in [0.1, 0.15) is 45.2 Å². The lowest BCUT2D eigenvalue weighted by molar-refractivity contribution is -0.128. The van der Waals surface area contributed by atoms with Crippen LogP contribution in [0.25, 0.3) is 0 Å². The number of carbonyl (C=O) groups excluding carboxylic acids is 1. The van der Waals surface area contributed by atoms with Crippen LogP contribution in [0.2, 0.25) is 0 Å². The molecule has 7 heteroatoms. The fourth-order valence-electron chi connectivity index (χ4n) is 3.22. The number of carbonyl (C=O) groups is 1. The SMILES string of the molecule is CN=C(NCCNC(=O)C(C)(C)C)NCC(c1ccccc1)N1CCCC1.I. The average Bonchev–Trinajstić information content (AvgIpc) is 3.18. The Morgan fingerprint density at radius 1 is 1.07 bits per heavy atom. The Kier molecular flexibility index (Phi) is 10.8. The minimum atomic E-state index is -0.363. The fraction of sp³-hybridized carbons (Fsp3) is 0.619. The first-order valence-corrected chi connectivity index (χ1v) is 9.93. The number of likely N-dealkylation sites (tertiary alicyclic amines) is 1. The van der Waals surface area contributed by atoms with Crippen molar-refractivity contribution in [3.63, 3.8) is 0 Å². The van der Waals surface area contributed by atoms with Crippen LogP contribution in [0.4, 0.5) is 0 Å². The third kappa shape index (κ3) is 7.95. The van der Waals surface area contributed by atoms with E-state index in [0.717, 1.165) is 25.6 Å². The second-order valence-electron chi connectivity index (χ2n) is 8.06. The molecule has 0 saturated carbocycles. The Morgan fingerprint density at radius 3 is 2.25 bits per heavy atom. The Hall–Kier alpha value is -1.35. The van der Waals surface area contributed by atoms with Crippen LogP contribution in [0.5, 0.6) is 0 Å². The van der Waals surface area contributed by atoms with Crippen LogP contribution in [0, 0.1) is 5.41 Å². The Balaban J connectivity index is 0.00000392. The standard InChI is InChI=1S/C21H35N5O.HI/c1-21(2,3)19(27)23-12-13-24-20(22-4)25-16-18(26-14-8-9-15-26)17-10-6-5-7-11-17;/h5-7,10-11,18H,8-9,12-16H2,1-4H3,(H,23,27)(H2,22,24,25);1H. The van der Waals surface area contributed by atoms with Gasteiger partial charge in [-0.05, 0) is 31.5 Å². The summed E-state index contributed by atoms with van der Waals surface area (Å²) >= 11 is 0. The summed E-state index contributed by atoms with van der Waals surface area (Å²) in [5, 5.41) is 9.67. The number of rotatable bonds is 7. The van der Waals surface area contributed by atoms with E-state index in [2.05, 4.69) is 56.2 Å². The Bertz CT molecular complexity index is 609. The molecule has 0 radical (unpaired) electrons. The summed E-state index contributed by atoms with van der Waals surface area (Å²) in [6.45, 7) is 10.1. The zero-order valence-corrected chi connectivity index (χ0v) is 20.0. The van der Waals surface area contributed by atoms with Gasteiger partial charge in [0.2, 0.25) is 5.91 Å². The maximum absolute atomic E-state index is 11.9. The van der Waals surface area contributed by atoms with Crippen molar-refractivity contribution in [2.45, 2.75) is 39.7 Å². The maximum Gasteiger partial charge on any atom is 0.225 e. The summed E-state index contributed by atoms with van der Waals surface area (Å²) in [6.07, 6.45) is 2.54. The highest BCUT2D eigenvalue weighted by Crippen LogP contribution is 2.24.